The van der Waals surface area contributed by atoms with Crippen molar-refractivity contribution in [3.05, 3.63) is 35.9 Å². The van der Waals surface area contributed by atoms with Crippen LogP contribution >= 0.6 is 0 Å². The third-order valence-electron chi connectivity index (χ3n) is 3.02. The number of amides is 1. The first-order chi connectivity index (χ1) is 7.68. The van der Waals surface area contributed by atoms with E-state index in [2.05, 4.69) is 5.32 Å². The fraction of sp³-hybridized carbons (Fsp3) is 0.417. The number of piperazine rings is 1. The van der Waals surface area contributed by atoms with Gasteiger partial charge in [-0.1, -0.05) is 30.3 Å². The summed E-state index contributed by atoms with van der Waals surface area (Å²) in [6.45, 7) is 3.13. The molecule has 1 aliphatic rings. The maximum absolute atomic E-state index is 11.0. The first-order valence-corrected chi connectivity index (χ1v) is 5.46. The fourth-order valence-electron chi connectivity index (χ4n) is 2.04. The number of nitrogens with zero attached hydrogens (tertiary/aromatic N) is 1. The Morgan fingerprint density at radius 1 is 1.44 bits per heavy atom. The van der Waals surface area contributed by atoms with Crippen LogP contribution in [0.5, 0.6) is 0 Å². The summed E-state index contributed by atoms with van der Waals surface area (Å²) >= 11 is 0. The second kappa shape index (κ2) is 4.53. The molecule has 1 fully saturated rings. The summed E-state index contributed by atoms with van der Waals surface area (Å²) in [7, 11) is 0. The van der Waals surface area contributed by atoms with E-state index in [1.807, 2.05) is 37.3 Å². The molecule has 1 aliphatic heterocycles. The molecular formula is C12H16N2O2. The van der Waals surface area contributed by atoms with Gasteiger partial charge in [0.05, 0.1) is 6.04 Å². The minimum atomic E-state index is -0.838. The summed E-state index contributed by atoms with van der Waals surface area (Å²) in [4.78, 5) is 12.5. The normalized spacial score (nSPS) is 25.4. The van der Waals surface area contributed by atoms with E-state index < -0.39 is 6.09 Å². The number of carboxylic acid groups (broad SMARTS) is 1. The van der Waals surface area contributed by atoms with Gasteiger partial charge in [0, 0.05) is 19.1 Å². The zero-order valence-corrected chi connectivity index (χ0v) is 9.26. The maximum Gasteiger partial charge on any atom is 0.407 e. The summed E-state index contributed by atoms with van der Waals surface area (Å²) in [6.07, 6.45) is -0.838. The standard InChI is InChI=1S/C12H16N2O2/c1-9-7-13-11(8-14(9)12(15)16)10-5-3-2-4-6-10/h2-6,9,11,13H,7-8H2,1H3,(H,15,16)/t9-,11-/m1/s1. The third-order valence-corrected chi connectivity index (χ3v) is 3.02. The highest BCUT2D eigenvalue weighted by atomic mass is 16.4. The smallest absolute Gasteiger partial charge is 0.407 e. The van der Waals surface area contributed by atoms with Gasteiger partial charge < -0.3 is 15.3 Å². The highest BCUT2D eigenvalue weighted by Gasteiger charge is 2.28. The molecule has 0 unspecified atom stereocenters. The molecule has 2 rings (SSSR count). The van der Waals surface area contributed by atoms with Crippen LogP contribution < -0.4 is 5.32 Å². The zero-order valence-electron chi connectivity index (χ0n) is 9.26. The van der Waals surface area contributed by atoms with Gasteiger partial charge in [0.25, 0.3) is 0 Å². The monoisotopic (exact) mass is 220 g/mol. The van der Waals surface area contributed by atoms with Gasteiger partial charge in [-0.15, -0.1) is 0 Å². The van der Waals surface area contributed by atoms with E-state index in [1.54, 1.807) is 0 Å². The summed E-state index contributed by atoms with van der Waals surface area (Å²) in [5.74, 6) is 0. The van der Waals surface area contributed by atoms with Gasteiger partial charge in [0.2, 0.25) is 0 Å². The molecule has 1 heterocycles. The van der Waals surface area contributed by atoms with Crippen LogP contribution in [0.15, 0.2) is 30.3 Å². The Kier molecular flexibility index (Phi) is 3.10. The molecule has 4 nitrogen and oxygen atoms in total. The van der Waals surface area contributed by atoms with Crippen molar-refractivity contribution in [2.24, 2.45) is 0 Å². The van der Waals surface area contributed by atoms with Crippen LogP contribution in [0.4, 0.5) is 4.79 Å². The van der Waals surface area contributed by atoms with Crippen LogP contribution in [0.25, 0.3) is 0 Å². The van der Waals surface area contributed by atoms with E-state index in [-0.39, 0.29) is 12.1 Å². The molecule has 0 spiro atoms. The number of nitrogens with one attached hydrogen (secondary N) is 1. The number of benzene rings is 1. The van der Waals surface area contributed by atoms with Gasteiger partial charge in [-0.2, -0.15) is 0 Å². The maximum atomic E-state index is 11.0. The minimum absolute atomic E-state index is 0.0393. The second-order valence-electron chi connectivity index (χ2n) is 4.16. The molecule has 1 saturated heterocycles. The molecule has 86 valence electrons. The predicted molar refractivity (Wildman–Crippen MR) is 61.4 cm³/mol. The lowest BCUT2D eigenvalue weighted by Crippen LogP contribution is -2.53. The summed E-state index contributed by atoms with van der Waals surface area (Å²) in [6, 6.07) is 10.1. The summed E-state index contributed by atoms with van der Waals surface area (Å²) in [5, 5.41) is 12.4. The van der Waals surface area contributed by atoms with Crippen molar-refractivity contribution in [1.29, 1.82) is 0 Å². The number of carbonyl (C=O) groups is 1. The van der Waals surface area contributed by atoms with Crippen LogP contribution in [-0.2, 0) is 0 Å². The van der Waals surface area contributed by atoms with Crippen molar-refractivity contribution in [3.8, 4) is 0 Å². The van der Waals surface area contributed by atoms with E-state index >= 15 is 0 Å². The van der Waals surface area contributed by atoms with Crippen LogP contribution in [0.2, 0.25) is 0 Å². The van der Waals surface area contributed by atoms with E-state index in [0.29, 0.717) is 13.1 Å². The van der Waals surface area contributed by atoms with E-state index in [9.17, 15) is 4.79 Å². The molecule has 0 bridgehead atoms. The molecule has 1 aromatic rings. The molecule has 0 aliphatic carbocycles. The molecule has 16 heavy (non-hydrogen) atoms. The summed E-state index contributed by atoms with van der Waals surface area (Å²) < 4.78 is 0. The lowest BCUT2D eigenvalue weighted by atomic mass is 10.0. The average molecular weight is 220 g/mol. The van der Waals surface area contributed by atoms with E-state index in [0.717, 1.165) is 5.56 Å². The van der Waals surface area contributed by atoms with Crippen LogP contribution in [0.1, 0.15) is 18.5 Å². The Bertz CT molecular complexity index is 367. The number of hydrogen-bond donors (Lipinski definition) is 2. The van der Waals surface area contributed by atoms with E-state index in [1.165, 1.54) is 4.90 Å². The molecule has 0 saturated carbocycles. The van der Waals surface area contributed by atoms with Crippen molar-refractivity contribution >= 4 is 6.09 Å². The molecule has 2 N–H and O–H groups in total. The lowest BCUT2D eigenvalue weighted by Gasteiger charge is -2.37. The average Bonchev–Trinajstić information content (AvgIpc) is 2.30. The summed E-state index contributed by atoms with van der Waals surface area (Å²) in [5.41, 5.74) is 1.14. The van der Waals surface area contributed by atoms with Gasteiger partial charge in [0.1, 0.15) is 0 Å². The Morgan fingerprint density at radius 3 is 2.75 bits per heavy atom. The first-order valence-electron chi connectivity index (χ1n) is 5.46. The third kappa shape index (κ3) is 2.17. The van der Waals surface area contributed by atoms with Crippen LogP contribution in [-0.4, -0.2) is 35.2 Å². The van der Waals surface area contributed by atoms with Crippen LogP contribution in [0.3, 0.4) is 0 Å². The van der Waals surface area contributed by atoms with Crippen molar-refractivity contribution in [2.75, 3.05) is 13.1 Å². The Hall–Kier alpha value is -1.55. The molecular weight excluding hydrogens is 204 g/mol. The highest BCUT2D eigenvalue weighted by Crippen LogP contribution is 2.19. The van der Waals surface area contributed by atoms with Crippen LogP contribution in [0, 0.1) is 0 Å². The molecule has 1 amide bonds. The SMILES string of the molecule is C[C@@H]1CN[C@@H](c2ccccc2)CN1C(=O)O. The predicted octanol–water partition coefficient (Wildman–Crippen LogP) is 1.70. The molecule has 0 radical (unpaired) electrons. The largest absolute Gasteiger partial charge is 0.465 e. The quantitative estimate of drug-likeness (QED) is 0.757. The van der Waals surface area contributed by atoms with Gasteiger partial charge in [-0.05, 0) is 12.5 Å². The first kappa shape index (κ1) is 11.0. The van der Waals surface area contributed by atoms with Gasteiger partial charge in [-0.3, -0.25) is 0 Å². The zero-order chi connectivity index (χ0) is 11.5. The molecule has 2 atom stereocenters. The molecule has 0 aromatic heterocycles. The molecule has 1 aromatic carbocycles. The fourth-order valence-corrected chi connectivity index (χ4v) is 2.04. The van der Waals surface area contributed by atoms with Gasteiger partial charge in [0.15, 0.2) is 0 Å². The Balaban J connectivity index is 2.12. The highest BCUT2D eigenvalue weighted by molar-refractivity contribution is 5.65. The van der Waals surface area contributed by atoms with E-state index in [4.69, 9.17) is 5.11 Å². The topological polar surface area (TPSA) is 52.6 Å². The van der Waals surface area contributed by atoms with Crippen molar-refractivity contribution in [1.82, 2.24) is 10.2 Å². The van der Waals surface area contributed by atoms with Gasteiger partial charge >= 0.3 is 6.09 Å². The van der Waals surface area contributed by atoms with Crippen molar-refractivity contribution in [2.45, 2.75) is 19.0 Å². The van der Waals surface area contributed by atoms with Crippen molar-refractivity contribution in [3.63, 3.8) is 0 Å². The second-order valence-corrected chi connectivity index (χ2v) is 4.16. The molecule has 4 heteroatoms. The lowest BCUT2D eigenvalue weighted by molar-refractivity contribution is 0.104. The van der Waals surface area contributed by atoms with Crippen molar-refractivity contribution < 1.29 is 9.90 Å². The minimum Gasteiger partial charge on any atom is -0.465 e. The number of hydrogen-bond acceptors (Lipinski definition) is 2. The Labute approximate surface area is 94.9 Å². The Morgan fingerprint density at radius 2 is 2.12 bits per heavy atom. The number of rotatable bonds is 1. The van der Waals surface area contributed by atoms with Gasteiger partial charge in [-0.25, -0.2) is 4.79 Å².